The van der Waals surface area contributed by atoms with Gasteiger partial charge in [-0.2, -0.15) is 5.26 Å². The van der Waals surface area contributed by atoms with Crippen molar-refractivity contribution in [2.45, 2.75) is 36.9 Å². The van der Waals surface area contributed by atoms with E-state index in [0.29, 0.717) is 24.2 Å². The molecule has 1 aromatic rings. The monoisotopic (exact) mass is 310 g/mol. The Kier molecular flexibility index (Phi) is 4.35. The number of sulfonamides is 1. The zero-order valence-corrected chi connectivity index (χ0v) is 12.8. The molecule has 0 aliphatic carbocycles. The maximum atomic E-state index is 12.2. The van der Waals surface area contributed by atoms with Gasteiger partial charge < -0.3 is 9.84 Å². The summed E-state index contributed by atoms with van der Waals surface area (Å²) in [5.74, 6) is 0. The van der Waals surface area contributed by atoms with Gasteiger partial charge in [0.25, 0.3) is 0 Å². The van der Waals surface area contributed by atoms with Crippen LogP contribution in [0.4, 0.5) is 0 Å². The van der Waals surface area contributed by atoms with Crippen molar-refractivity contribution < 1.29 is 18.3 Å². The predicted molar refractivity (Wildman–Crippen MR) is 76.1 cm³/mol. The Labute approximate surface area is 124 Å². The lowest BCUT2D eigenvalue weighted by atomic mass is 9.97. The van der Waals surface area contributed by atoms with E-state index in [4.69, 9.17) is 10.00 Å². The Balaban J connectivity index is 2.16. The quantitative estimate of drug-likeness (QED) is 0.852. The lowest BCUT2D eigenvalue weighted by molar-refractivity contribution is -0.0228. The molecule has 0 aromatic heterocycles. The first-order valence-electron chi connectivity index (χ1n) is 6.63. The van der Waals surface area contributed by atoms with Crippen molar-refractivity contribution in [3.63, 3.8) is 0 Å². The van der Waals surface area contributed by atoms with Gasteiger partial charge in [-0.3, -0.25) is 0 Å². The van der Waals surface area contributed by atoms with Crippen molar-refractivity contribution in [2.24, 2.45) is 0 Å². The summed E-state index contributed by atoms with van der Waals surface area (Å²) in [5.41, 5.74) is -0.156. The molecule has 0 radical (unpaired) electrons. The van der Waals surface area contributed by atoms with Crippen LogP contribution in [-0.4, -0.2) is 38.4 Å². The first-order chi connectivity index (χ1) is 9.78. The van der Waals surface area contributed by atoms with Crippen LogP contribution in [0.5, 0.6) is 0 Å². The summed E-state index contributed by atoms with van der Waals surface area (Å²) in [7, 11) is -3.73. The fraction of sp³-hybridized carbons (Fsp3) is 0.500. The molecule has 2 atom stereocenters. The standard InChI is InChI=1S/C14H18N2O4S/c1-10-7-13(4-3-12(10)8-15)21(18,19)16-9-14(17)5-6-20-11(14)2/h3-4,7,11,16-17H,5-6,9H2,1-2H3. The Hall–Kier alpha value is -1.46. The Morgan fingerprint density at radius 3 is 2.81 bits per heavy atom. The molecule has 1 aromatic carbocycles. The third kappa shape index (κ3) is 3.24. The fourth-order valence-electron chi connectivity index (χ4n) is 2.24. The van der Waals surface area contributed by atoms with Crippen LogP contribution in [0.25, 0.3) is 0 Å². The van der Waals surface area contributed by atoms with Crippen molar-refractivity contribution in [1.29, 1.82) is 5.26 Å². The second-order valence-electron chi connectivity index (χ2n) is 5.28. The zero-order valence-electron chi connectivity index (χ0n) is 12.0. The van der Waals surface area contributed by atoms with Crippen molar-refractivity contribution >= 4 is 10.0 Å². The lowest BCUT2D eigenvalue weighted by Crippen LogP contribution is -2.47. The summed E-state index contributed by atoms with van der Waals surface area (Å²) in [5, 5.41) is 19.2. The number of aliphatic hydroxyl groups is 1. The SMILES string of the molecule is Cc1cc(S(=O)(=O)NCC2(O)CCOC2C)ccc1C#N. The number of rotatable bonds is 4. The van der Waals surface area contributed by atoms with Gasteiger partial charge in [-0.15, -0.1) is 0 Å². The summed E-state index contributed by atoms with van der Waals surface area (Å²) >= 11 is 0. The molecule has 7 heteroatoms. The smallest absolute Gasteiger partial charge is 0.240 e. The number of hydrogen-bond donors (Lipinski definition) is 2. The van der Waals surface area contributed by atoms with E-state index in [-0.39, 0.29) is 11.4 Å². The highest BCUT2D eigenvalue weighted by atomic mass is 32.2. The molecule has 2 unspecified atom stereocenters. The fourth-order valence-corrected chi connectivity index (χ4v) is 3.42. The highest BCUT2D eigenvalue weighted by Crippen LogP contribution is 2.25. The van der Waals surface area contributed by atoms with Gasteiger partial charge in [0.2, 0.25) is 10.0 Å². The third-order valence-electron chi connectivity index (χ3n) is 3.86. The van der Waals surface area contributed by atoms with Crippen LogP contribution in [0.1, 0.15) is 24.5 Å². The average molecular weight is 310 g/mol. The average Bonchev–Trinajstić information content (AvgIpc) is 2.77. The maximum absolute atomic E-state index is 12.2. The highest BCUT2D eigenvalue weighted by Gasteiger charge is 2.40. The third-order valence-corrected chi connectivity index (χ3v) is 5.26. The van der Waals surface area contributed by atoms with Crippen LogP contribution >= 0.6 is 0 Å². The minimum absolute atomic E-state index is 0.0779. The van der Waals surface area contributed by atoms with Gasteiger partial charge in [0, 0.05) is 19.6 Å². The van der Waals surface area contributed by atoms with Crippen LogP contribution in [0, 0.1) is 18.3 Å². The van der Waals surface area contributed by atoms with Gasteiger partial charge in [0.15, 0.2) is 0 Å². The van der Waals surface area contributed by atoms with Crippen LogP contribution in [0.3, 0.4) is 0 Å². The van der Waals surface area contributed by atoms with E-state index in [1.54, 1.807) is 13.8 Å². The Bertz CT molecular complexity index is 681. The number of nitrogens with zero attached hydrogens (tertiary/aromatic N) is 1. The van der Waals surface area contributed by atoms with Gasteiger partial charge in [-0.1, -0.05) is 0 Å². The first kappa shape index (κ1) is 15.9. The van der Waals surface area contributed by atoms with E-state index in [1.807, 2.05) is 6.07 Å². The number of benzene rings is 1. The molecular formula is C14H18N2O4S. The molecule has 0 amide bonds. The molecule has 6 nitrogen and oxygen atoms in total. The predicted octanol–water partition coefficient (Wildman–Crippen LogP) is 0.685. The lowest BCUT2D eigenvalue weighted by Gasteiger charge is -2.26. The minimum Gasteiger partial charge on any atom is -0.386 e. The minimum atomic E-state index is -3.73. The van der Waals surface area contributed by atoms with E-state index >= 15 is 0 Å². The van der Waals surface area contributed by atoms with E-state index in [9.17, 15) is 13.5 Å². The molecule has 21 heavy (non-hydrogen) atoms. The summed E-state index contributed by atoms with van der Waals surface area (Å²) in [6.07, 6.45) is -0.0220. The zero-order chi connectivity index (χ0) is 15.7. The summed E-state index contributed by atoms with van der Waals surface area (Å²) < 4.78 is 32.2. The van der Waals surface area contributed by atoms with Crippen molar-refractivity contribution in [1.82, 2.24) is 4.72 Å². The van der Waals surface area contributed by atoms with Gasteiger partial charge in [0.1, 0.15) is 5.60 Å². The number of ether oxygens (including phenoxy) is 1. The molecule has 2 N–H and O–H groups in total. The number of hydrogen-bond acceptors (Lipinski definition) is 5. The molecule has 0 spiro atoms. The Morgan fingerprint density at radius 2 is 2.29 bits per heavy atom. The molecule has 1 saturated heterocycles. The number of aryl methyl sites for hydroxylation is 1. The van der Waals surface area contributed by atoms with E-state index in [1.165, 1.54) is 18.2 Å². The van der Waals surface area contributed by atoms with Crippen LogP contribution < -0.4 is 4.72 Å². The first-order valence-corrected chi connectivity index (χ1v) is 8.11. The number of nitrogens with one attached hydrogen (secondary N) is 1. The van der Waals surface area contributed by atoms with Gasteiger partial charge >= 0.3 is 0 Å². The van der Waals surface area contributed by atoms with Crippen molar-refractivity contribution in [3.05, 3.63) is 29.3 Å². The normalized spacial score (nSPS) is 25.7. The van der Waals surface area contributed by atoms with E-state index in [0.717, 1.165) is 0 Å². The largest absolute Gasteiger partial charge is 0.386 e. The molecule has 1 fully saturated rings. The van der Waals surface area contributed by atoms with Gasteiger partial charge in [-0.25, -0.2) is 13.1 Å². The summed E-state index contributed by atoms with van der Waals surface area (Å²) in [6.45, 7) is 3.70. The highest BCUT2D eigenvalue weighted by molar-refractivity contribution is 7.89. The second kappa shape index (κ2) is 5.73. The second-order valence-corrected chi connectivity index (χ2v) is 7.05. The Morgan fingerprint density at radius 1 is 1.57 bits per heavy atom. The van der Waals surface area contributed by atoms with Crippen molar-refractivity contribution in [3.8, 4) is 6.07 Å². The maximum Gasteiger partial charge on any atom is 0.240 e. The molecule has 0 bridgehead atoms. The topological polar surface area (TPSA) is 99.4 Å². The molecular weight excluding hydrogens is 292 g/mol. The molecule has 1 heterocycles. The molecule has 0 saturated carbocycles. The van der Waals surface area contributed by atoms with Crippen LogP contribution in [0.2, 0.25) is 0 Å². The van der Waals surface area contributed by atoms with Gasteiger partial charge in [-0.05, 0) is 37.6 Å². The molecule has 1 aliphatic rings. The van der Waals surface area contributed by atoms with Crippen LogP contribution in [0.15, 0.2) is 23.1 Å². The molecule has 1 aliphatic heterocycles. The molecule has 114 valence electrons. The van der Waals surface area contributed by atoms with E-state index < -0.39 is 21.7 Å². The summed E-state index contributed by atoms with van der Waals surface area (Å²) in [4.78, 5) is 0.0779. The molecule has 2 rings (SSSR count). The number of nitriles is 1. The van der Waals surface area contributed by atoms with Gasteiger partial charge in [0.05, 0.1) is 22.6 Å². The van der Waals surface area contributed by atoms with E-state index in [2.05, 4.69) is 4.72 Å². The van der Waals surface area contributed by atoms with Crippen LogP contribution in [-0.2, 0) is 14.8 Å². The summed E-state index contributed by atoms with van der Waals surface area (Å²) in [6, 6.07) is 6.29. The van der Waals surface area contributed by atoms with Crippen molar-refractivity contribution in [2.75, 3.05) is 13.2 Å².